The molecule has 0 spiro atoms. The molecule has 13 nitrogen and oxygen atoms in total. The maximum absolute atomic E-state index is 13.6. The Balaban J connectivity index is 1.21. The Morgan fingerprint density at radius 2 is 1.19 bits per heavy atom. The Labute approximate surface area is 307 Å². The minimum Gasteiger partial charge on any atom is -0.459 e. The molecule has 4 aliphatic heterocycles. The lowest BCUT2D eigenvalue weighted by Crippen LogP contribution is -2.60. The molecule has 3 aromatic rings. The summed E-state index contributed by atoms with van der Waals surface area (Å²) in [6.07, 6.45) is -8.24. The molecule has 4 fully saturated rings. The van der Waals surface area contributed by atoms with Crippen molar-refractivity contribution in [2.45, 2.75) is 102 Å². The van der Waals surface area contributed by atoms with Gasteiger partial charge in [0.15, 0.2) is 30.3 Å². The lowest BCUT2D eigenvalue weighted by Gasteiger charge is -2.45. The highest BCUT2D eigenvalue weighted by molar-refractivity contribution is 5.90. The van der Waals surface area contributed by atoms with Crippen molar-refractivity contribution in [2.24, 2.45) is 5.92 Å². The highest BCUT2D eigenvalue weighted by Crippen LogP contribution is 2.44. The predicted octanol–water partition coefficient (Wildman–Crippen LogP) is 5.07. The fraction of sp³-hybridized carbons (Fsp3) is 0.475. The largest absolute Gasteiger partial charge is 0.459 e. The van der Waals surface area contributed by atoms with Gasteiger partial charge in [0, 0.05) is 5.92 Å². The van der Waals surface area contributed by atoms with Gasteiger partial charge in [-0.05, 0) is 64.1 Å². The van der Waals surface area contributed by atoms with Gasteiger partial charge in [0.2, 0.25) is 0 Å². The third kappa shape index (κ3) is 8.31. The zero-order chi connectivity index (χ0) is 37.3. The van der Waals surface area contributed by atoms with Crippen LogP contribution in [0.3, 0.4) is 0 Å². The van der Waals surface area contributed by atoms with Crippen LogP contribution in [0.5, 0.6) is 0 Å². The van der Waals surface area contributed by atoms with Crippen LogP contribution in [-0.4, -0.2) is 98.0 Å². The van der Waals surface area contributed by atoms with Crippen molar-refractivity contribution >= 4 is 17.9 Å². The Morgan fingerprint density at radius 1 is 0.642 bits per heavy atom. The van der Waals surface area contributed by atoms with Crippen LogP contribution in [-0.2, 0) is 47.4 Å². The molecule has 7 rings (SSSR count). The van der Waals surface area contributed by atoms with Crippen molar-refractivity contribution in [1.29, 1.82) is 0 Å². The van der Waals surface area contributed by atoms with Gasteiger partial charge in [-0.25, -0.2) is 14.4 Å². The molecule has 0 amide bonds. The summed E-state index contributed by atoms with van der Waals surface area (Å²) in [5, 5.41) is 0. The van der Waals surface area contributed by atoms with Crippen molar-refractivity contribution < 1.29 is 61.8 Å². The molecule has 3 aromatic carbocycles. The van der Waals surface area contributed by atoms with Crippen molar-refractivity contribution in [3.8, 4) is 0 Å². The van der Waals surface area contributed by atoms with E-state index >= 15 is 0 Å². The maximum Gasteiger partial charge on any atom is 0.338 e. The van der Waals surface area contributed by atoms with Gasteiger partial charge in [-0.2, -0.15) is 0 Å². The van der Waals surface area contributed by atoms with Gasteiger partial charge in [0.05, 0.1) is 23.3 Å². The molecule has 282 valence electrons. The number of rotatable bonds is 10. The number of ether oxygens (including phenoxy) is 10. The topological polar surface area (TPSA) is 144 Å². The number of benzene rings is 3. The van der Waals surface area contributed by atoms with Crippen LogP contribution >= 0.6 is 0 Å². The van der Waals surface area contributed by atoms with Gasteiger partial charge < -0.3 is 47.4 Å². The van der Waals surface area contributed by atoms with E-state index in [1.165, 1.54) is 0 Å². The molecule has 4 heterocycles. The van der Waals surface area contributed by atoms with Crippen LogP contribution < -0.4 is 0 Å². The van der Waals surface area contributed by atoms with Gasteiger partial charge in [-0.3, -0.25) is 0 Å². The zero-order valence-electron chi connectivity index (χ0n) is 30.2. The van der Waals surface area contributed by atoms with E-state index in [1.807, 2.05) is 0 Å². The molecule has 0 bridgehead atoms. The number of hydrogen-bond donors (Lipinski definition) is 0. The summed E-state index contributed by atoms with van der Waals surface area (Å²) in [6, 6.07) is 25.4. The zero-order valence-corrected chi connectivity index (χ0v) is 30.2. The molecule has 0 aromatic heterocycles. The summed E-state index contributed by atoms with van der Waals surface area (Å²) in [5.41, 5.74) is 0.928. The molecule has 4 saturated heterocycles. The van der Waals surface area contributed by atoms with E-state index in [0.29, 0.717) is 16.7 Å². The monoisotopic (exact) mass is 732 g/mol. The first-order valence-corrected chi connectivity index (χ1v) is 17.8. The summed E-state index contributed by atoms with van der Waals surface area (Å²) in [7, 11) is 0. The van der Waals surface area contributed by atoms with Crippen molar-refractivity contribution in [3.63, 3.8) is 0 Å². The number of carbonyl (C=O) groups excluding carboxylic acids is 3. The van der Waals surface area contributed by atoms with Gasteiger partial charge in [0.25, 0.3) is 0 Å². The molecular weight excluding hydrogens is 688 g/mol. The van der Waals surface area contributed by atoms with E-state index in [0.717, 1.165) is 0 Å². The second-order valence-electron chi connectivity index (χ2n) is 14.4. The Hall–Kier alpha value is -4.21. The summed E-state index contributed by atoms with van der Waals surface area (Å²) in [4.78, 5) is 40.3. The highest BCUT2D eigenvalue weighted by atomic mass is 16.9. The molecule has 4 unspecified atom stereocenters. The summed E-state index contributed by atoms with van der Waals surface area (Å²) < 4.78 is 62.1. The lowest BCUT2D eigenvalue weighted by atomic mass is 9.90. The Kier molecular flexibility index (Phi) is 10.7. The second-order valence-corrected chi connectivity index (χ2v) is 14.4. The van der Waals surface area contributed by atoms with Crippen LogP contribution in [0.25, 0.3) is 0 Å². The average Bonchev–Trinajstić information content (AvgIpc) is 3.78. The van der Waals surface area contributed by atoms with Crippen molar-refractivity contribution in [2.75, 3.05) is 13.2 Å². The fourth-order valence-electron chi connectivity index (χ4n) is 7.03. The van der Waals surface area contributed by atoms with E-state index < -0.39 is 90.7 Å². The van der Waals surface area contributed by atoms with Gasteiger partial charge in [-0.15, -0.1) is 0 Å². The third-order valence-corrected chi connectivity index (χ3v) is 9.59. The maximum atomic E-state index is 13.6. The van der Waals surface area contributed by atoms with E-state index in [1.54, 1.807) is 126 Å². The van der Waals surface area contributed by atoms with Gasteiger partial charge in [-0.1, -0.05) is 61.5 Å². The van der Waals surface area contributed by atoms with E-state index in [2.05, 4.69) is 0 Å². The van der Waals surface area contributed by atoms with Crippen LogP contribution in [0.4, 0.5) is 0 Å². The first-order chi connectivity index (χ1) is 25.4. The molecule has 0 radical (unpaired) electrons. The summed E-state index contributed by atoms with van der Waals surface area (Å²) in [6.45, 7) is 8.80. The number of hydrogen-bond acceptors (Lipinski definition) is 13. The van der Waals surface area contributed by atoms with Crippen LogP contribution in [0.2, 0.25) is 0 Å². The summed E-state index contributed by atoms with van der Waals surface area (Å²) in [5.74, 6) is -4.48. The highest BCUT2D eigenvalue weighted by Gasteiger charge is 2.61. The van der Waals surface area contributed by atoms with Crippen molar-refractivity contribution in [3.05, 3.63) is 108 Å². The minimum absolute atomic E-state index is 0.213. The quantitative estimate of drug-likeness (QED) is 0.202. The van der Waals surface area contributed by atoms with Crippen LogP contribution in [0.1, 0.15) is 65.7 Å². The second kappa shape index (κ2) is 15.3. The number of esters is 3. The van der Waals surface area contributed by atoms with E-state index in [-0.39, 0.29) is 13.2 Å². The first-order valence-electron chi connectivity index (χ1n) is 17.8. The smallest absolute Gasteiger partial charge is 0.338 e. The molecule has 13 heteroatoms. The number of fused-ring (bicyclic) bond motifs is 1. The molecule has 4 aliphatic rings. The van der Waals surface area contributed by atoms with E-state index in [9.17, 15) is 14.4 Å². The SMILES string of the molecule is C[C@@H]1C(OC(=O)c2ccccc2)[C@H](O[C@H]2C3OC(C)(C)O[C@H]3O[C@@H]2C2COC(C)(C)O2)OC(COC(=O)c2ccccc2)[C@H]1OC(=O)c1ccccc1. The van der Waals surface area contributed by atoms with Crippen LogP contribution in [0.15, 0.2) is 91.0 Å². The number of carbonyl (C=O) groups is 3. The fourth-order valence-corrected chi connectivity index (χ4v) is 7.03. The van der Waals surface area contributed by atoms with Crippen molar-refractivity contribution in [1.82, 2.24) is 0 Å². The van der Waals surface area contributed by atoms with Crippen LogP contribution in [0, 0.1) is 5.92 Å². The molecule has 10 atom stereocenters. The lowest BCUT2D eigenvalue weighted by molar-refractivity contribution is -0.314. The molecule has 0 N–H and O–H groups in total. The third-order valence-electron chi connectivity index (χ3n) is 9.59. The first kappa shape index (κ1) is 37.1. The average molecular weight is 733 g/mol. The molecule has 0 aliphatic carbocycles. The minimum atomic E-state index is -1.29. The molecular formula is C40H44O13. The normalized spacial score (nSPS) is 32.8. The Bertz CT molecular complexity index is 1730. The van der Waals surface area contributed by atoms with E-state index in [4.69, 9.17) is 47.4 Å². The standard InChI is InChI=1S/C40H44O13/c1-23-29(47-35(42)25-17-11-7-12-18-25)27(21-44-34(41)24-15-9-6-10-16-24)46-37(30(23)48-36(43)26-19-13-8-14-20-26)50-32-31(28-22-45-39(2,3)51-28)49-38-33(32)52-40(4,5)53-38/h6-20,23,27-33,37-38H,21-22H2,1-5H3/t23-,27?,28?,29-,30?,31+,32+,33?,37-,38+/m0/s1. The summed E-state index contributed by atoms with van der Waals surface area (Å²) >= 11 is 0. The molecule has 0 saturated carbocycles. The Morgan fingerprint density at radius 3 is 1.74 bits per heavy atom. The van der Waals surface area contributed by atoms with Gasteiger partial charge >= 0.3 is 17.9 Å². The predicted molar refractivity (Wildman–Crippen MR) is 184 cm³/mol. The molecule has 53 heavy (non-hydrogen) atoms. The van der Waals surface area contributed by atoms with Gasteiger partial charge in [0.1, 0.15) is 43.2 Å².